The molecule has 0 bridgehead atoms. The summed E-state index contributed by atoms with van der Waals surface area (Å²) in [5.74, 6) is -0.843. The quantitative estimate of drug-likeness (QED) is 0.885. The van der Waals surface area contributed by atoms with Crippen molar-refractivity contribution >= 4 is 16.9 Å². The van der Waals surface area contributed by atoms with Gasteiger partial charge in [-0.1, -0.05) is 6.07 Å². The summed E-state index contributed by atoms with van der Waals surface area (Å²) >= 11 is 0. The third kappa shape index (κ3) is 3.06. The van der Waals surface area contributed by atoms with Crippen molar-refractivity contribution in [2.24, 2.45) is 0 Å². The van der Waals surface area contributed by atoms with Crippen LogP contribution in [-0.2, 0) is 6.42 Å². The largest absolute Gasteiger partial charge is 0.478 e. The van der Waals surface area contributed by atoms with Crippen LogP contribution < -0.4 is 5.32 Å². The third-order valence-electron chi connectivity index (χ3n) is 5.04. The van der Waals surface area contributed by atoms with Crippen LogP contribution >= 0.6 is 0 Å². The number of carbonyl (C=O) groups is 1. The molecule has 0 amide bonds. The number of nitrogens with one attached hydrogen (secondary N) is 1. The number of aromatic nitrogens is 1. The lowest BCUT2D eigenvalue weighted by Gasteiger charge is -2.27. The van der Waals surface area contributed by atoms with Gasteiger partial charge in [0.2, 0.25) is 0 Å². The van der Waals surface area contributed by atoms with Gasteiger partial charge in [0, 0.05) is 55.4 Å². The Kier molecular flexibility index (Phi) is 4.92. The van der Waals surface area contributed by atoms with Gasteiger partial charge in [0.1, 0.15) is 0 Å². The van der Waals surface area contributed by atoms with Crippen LogP contribution in [0.25, 0.3) is 10.9 Å². The topological polar surface area (TPSA) is 57.5 Å². The van der Waals surface area contributed by atoms with E-state index in [9.17, 15) is 9.90 Å². The van der Waals surface area contributed by atoms with E-state index in [-0.39, 0.29) is 0 Å². The average Bonchev–Trinajstić information content (AvgIpc) is 2.85. The molecular weight excluding hydrogens is 302 g/mol. The van der Waals surface area contributed by atoms with Crippen molar-refractivity contribution in [3.05, 3.63) is 35.0 Å². The standard InChI is InChI=1S/C19H27N3O2/c1-13(2)22-14(3)15(7-10-21-11-8-20-9-12-21)18-16(19(23)24)5-4-6-17(18)22/h4-6,13,20H,7-12H2,1-3H3,(H,23,24). The van der Waals surface area contributed by atoms with Gasteiger partial charge in [-0.25, -0.2) is 4.79 Å². The maximum absolute atomic E-state index is 11.7. The van der Waals surface area contributed by atoms with E-state index in [2.05, 4.69) is 35.6 Å². The Morgan fingerprint density at radius 1 is 1.29 bits per heavy atom. The molecule has 0 aliphatic carbocycles. The van der Waals surface area contributed by atoms with E-state index < -0.39 is 5.97 Å². The molecule has 1 fully saturated rings. The fourth-order valence-corrected chi connectivity index (χ4v) is 3.92. The Balaban J connectivity index is 2.04. The van der Waals surface area contributed by atoms with Crippen LogP contribution in [0.2, 0.25) is 0 Å². The molecule has 0 atom stereocenters. The predicted octanol–water partition coefficient (Wildman–Crippen LogP) is 2.68. The summed E-state index contributed by atoms with van der Waals surface area (Å²) in [5.41, 5.74) is 3.85. The Morgan fingerprint density at radius 2 is 2.00 bits per heavy atom. The van der Waals surface area contributed by atoms with Crippen LogP contribution in [0, 0.1) is 6.92 Å². The van der Waals surface area contributed by atoms with E-state index in [0.717, 1.165) is 50.0 Å². The first-order chi connectivity index (χ1) is 11.5. The minimum Gasteiger partial charge on any atom is -0.478 e. The first-order valence-electron chi connectivity index (χ1n) is 8.79. The Hall–Kier alpha value is -1.85. The smallest absolute Gasteiger partial charge is 0.336 e. The molecule has 5 heteroatoms. The lowest BCUT2D eigenvalue weighted by Crippen LogP contribution is -2.44. The number of aromatic carboxylic acids is 1. The number of fused-ring (bicyclic) bond motifs is 1. The number of hydrogen-bond donors (Lipinski definition) is 2. The zero-order chi connectivity index (χ0) is 17.3. The van der Waals surface area contributed by atoms with Crippen molar-refractivity contribution in [1.82, 2.24) is 14.8 Å². The third-order valence-corrected chi connectivity index (χ3v) is 5.04. The van der Waals surface area contributed by atoms with Gasteiger partial charge in [0.15, 0.2) is 0 Å². The number of hydrogen-bond acceptors (Lipinski definition) is 3. The summed E-state index contributed by atoms with van der Waals surface area (Å²) in [6.07, 6.45) is 0.895. The molecule has 1 aliphatic rings. The molecule has 1 saturated heterocycles. The van der Waals surface area contributed by atoms with Crippen molar-refractivity contribution in [3.63, 3.8) is 0 Å². The molecule has 0 spiro atoms. The van der Waals surface area contributed by atoms with E-state index in [4.69, 9.17) is 0 Å². The van der Waals surface area contributed by atoms with E-state index in [1.165, 1.54) is 11.3 Å². The molecule has 2 aromatic rings. The van der Waals surface area contributed by atoms with Crippen molar-refractivity contribution < 1.29 is 9.90 Å². The molecule has 0 radical (unpaired) electrons. The van der Waals surface area contributed by atoms with Crippen LogP contribution in [0.3, 0.4) is 0 Å². The van der Waals surface area contributed by atoms with Crippen LogP contribution in [0.1, 0.15) is 41.5 Å². The SMILES string of the molecule is Cc1c(CCN2CCNCC2)c2c(C(=O)O)cccc2n1C(C)C. The van der Waals surface area contributed by atoms with E-state index in [1.807, 2.05) is 12.1 Å². The summed E-state index contributed by atoms with van der Waals surface area (Å²) in [4.78, 5) is 14.2. The zero-order valence-corrected chi connectivity index (χ0v) is 14.8. The zero-order valence-electron chi connectivity index (χ0n) is 14.8. The van der Waals surface area contributed by atoms with Gasteiger partial charge in [-0.2, -0.15) is 0 Å². The van der Waals surface area contributed by atoms with Crippen LogP contribution in [-0.4, -0.2) is 53.3 Å². The van der Waals surface area contributed by atoms with Gasteiger partial charge in [-0.15, -0.1) is 0 Å². The highest BCUT2D eigenvalue weighted by atomic mass is 16.4. The molecule has 1 aromatic carbocycles. The number of nitrogens with zero attached hydrogens (tertiary/aromatic N) is 2. The van der Waals surface area contributed by atoms with Crippen molar-refractivity contribution in [2.45, 2.75) is 33.2 Å². The van der Waals surface area contributed by atoms with Crippen molar-refractivity contribution in [1.29, 1.82) is 0 Å². The maximum atomic E-state index is 11.7. The van der Waals surface area contributed by atoms with Gasteiger partial charge in [0.05, 0.1) is 5.56 Å². The Morgan fingerprint density at radius 3 is 2.62 bits per heavy atom. The number of rotatable bonds is 5. The van der Waals surface area contributed by atoms with Crippen LogP contribution in [0.4, 0.5) is 0 Å². The number of piperazine rings is 1. The average molecular weight is 329 g/mol. The minimum atomic E-state index is -0.843. The highest BCUT2D eigenvalue weighted by molar-refractivity contribution is 6.05. The second-order valence-corrected chi connectivity index (χ2v) is 6.87. The highest BCUT2D eigenvalue weighted by Crippen LogP contribution is 2.32. The Bertz CT molecular complexity index is 743. The maximum Gasteiger partial charge on any atom is 0.336 e. The lowest BCUT2D eigenvalue weighted by atomic mass is 10.0. The van der Waals surface area contributed by atoms with Gasteiger partial charge in [-0.3, -0.25) is 0 Å². The summed E-state index contributed by atoms with van der Waals surface area (Å²) in [5, 5.41) is 13.9. The van der Waals surface area contributed by atoms with E-state index in [1.54, 1.807) is 6.07 Å². The number of carboxylic acids is 1. The van der Waals surface area contributed by atoms with Gasteiger partial charge in [0.25, 0.3) is 0 Å². The molecule has 0 unspecified atom stereocenters. The van der Waals surface area contributed by atoms with Gasteiger partial charge < -0.3 is 19.9 Å². The molecule has 24 heavy (non-hydrogen) atoms. The van der Waals surface area contributed by atoms with Gasteiger partial charge in [-0.05, 0) is 44.9 Å². The minimum absolute atomic E-state index is 0.310. The summed E-state index contributed by atoms with van der Waals surface area (Å²) in [6.45, 7) is 11.6. The lowest BCUT2D eigenvalue weighted by molar-refractivity contribution is 0.0699. The number of benzene rings is 1. The molecular formula is C19H27N3O2. The van der Waals surface area contributed by atoms with E-state index >= 15 is 0 Å². The summed E-state index contributed by atoms with van der Waals surface area (Å²) in [6, 6.07) is 5.93. The van der Waals surface area contributed by atoms with Crippen LogP contribution in [0.5, 0.6) is 0 Å². The van der Waals surface area contributed by atoms with Crippen LogP contribution in [0.15, 0.2) is 18.2 Å². The fourth-order valence-electron chi connectivity index (χ4n) is 3.92. The number of carboxylic acid groups (broad SMARTS) is 1. The molecule has 130 valence electrons. The summed E-state index contributed by atoms with van der Waals surface area (Å²) in [7, 11) is 0. The monoisotopic (exact) mass is 329 g/mol. The Labute approximate surface area is 143 Å². The molecule has 2 N–H and O–H groups in total. The predicted molar refractivity (Wildman–Crippen MR) is 97.0 cm³/mol. The van der Waals surface area contributed by atoms with Crippen molar-refractivity contribution in [3.8, 4) is 0 Å². The molecule has 0 saturated carbocycles. The van der Waals surface area contributed by atoms with E-state index in [0.29, 0.717) is 11.6 Å². The molecule has 5 nitrogen and oxygen atoms in total. The second-order valence-electron chi connectivity index (χ2n) is 6.87. The molecule has 2 heterocycles. The molecule has 1 aromatic heterocycles. The first-order valence-corrected chi connectivity index (χ1v) is 8.79. The fraction of sp³-hybridized carbons (Fsp3) is 0.526. The summed E-state index contributed by atoms with van der Waals surface area (Å²) < 4.78 is 2.27. The first kappa shape index (κ1) is 17.0. The normalized spacial score (nSPS) is 16.2. The van der Waals surface area contributed by atoms with Gasteiger partial charge >= 0.3 is 5.97 Å². The molecule has 1 aliphatic heterocycles. The molecule has 3 rings (SSSR count). The van der Waals surface area contributed by atoms with Crippen molar-refractivity contribution in [2.75, 3.05) is 32.7 Å². The highest BCUT2D eigenvalue weighted by Gasteiger charge is 2.21. The second kappa shape index (κ2) is 6.95.